The van der Waals surface area contributed by atoms with E-state index < -0.39 is 0 Å². The summed E-state index contributed by atoms with van der Waals surface area (Å²) in [7, 11) is 3.20. The number of carbonyl (C=O) groups excluding carboxylic acids is 1. The van der Waals surface area contributed by atoms with Crippen LogP contribution in [0.25, 0.3) is 11.8 Å². The molecule has 0 amide bonds. The summed E-state index contributed by atoms with van der Waals surface area (Å²) in [5.74, 6) is 2.20. The third kappa shape index (κ3) is 4.27. The number of benzene rings is 2. The van der Waals surface area contributed by atoms with E-state index in [9.17, 15) is 4.79 Å². The Hall–Kier alpha value is -2.48. The average molecular weight is 478 g/mol. The molecule has 0 spiro atoms. The summed E-state index contributed by atoms with van der Waals surface area (Å²) < 4.78 is 22.5. The van der Waals surface area contributed by atoms with Crippen molar-refractivity contribution in [2.75, 3.05) is 20.8 Å². The molecule has 0 saturated heterocycles. The zero-order valence-electron chi connectivity index (χ0n) is 15.2. The first kappa shape index (κ1) is 19.3. The molecule has 140 valence electrons. The van der Waals surface area contributed by atoms with Crippen molar-refractivity contribution in [1.82, 2.24) is 0 Å². The highest BCUT2D eigenvalue weighted by molar-refractivity contribution is 14.1. The first-order chi connectivity index (χ1) is 13.0. The van der Waals surface area contributed by atoms with Gasteiger partial charge in [0, 0.05) is 5.56 Å². The average Bonchev–Trinajstić information content (AvgIpc) is 3.04. The van der Waals surface area contributed by atoms with Crippen molar-refractivity contribution >= 4 is 40.4 Å². The molecule has 5 nitrogen and oxygen atoms in total. The minimum Gasteiger partial charge on any atom is -0.497 e. The van der Waals surface area contributed by atoms with Gasteiger partial charge in [-0.15, -0.1) is 0 Å². The Morgan fingerprint density at radius 3 is 2.48 bits per heavy atom. The first-order valence-electron chi connectivity index (χ1n) is 8.36. The number of carbonyl (C=O) groups is 1. The highest BCUT2D eigenvalue weighted by atomic mass is 127. The van der Waals surface area contributed by atoms with Gasteiger partial charge in [0.05, 0.1) is 30.0 Å². The SMILES string of the molecule is CCOc1c(I)cc(/C=C2\C=C(c3ccc(OC)cc3)OC2=O)cc1OC. The standard InChI is InChI=1S/C21H19IO5/c1-4-26-20-17(22)10-13(11-19(20)25-3)9-15-12-18(27-21(15)23)14-5-7-16(24-2)8-6-14/h5-12H,4H2,1-3H3/b15-9+. The number of rotatable bonds is 6. The van der Waals surface area contributed by atoms with E-state index in [-0.39, 0.29) is 5.97 Å². The molecular weight excluding hydrogens is 459 g/mol. The second-order valence-electron chi connectivity index (χ2n) is 5.69. The third-order valence-electron chi connectivity index (χ3n) is 3.96. The lowest BCUT2D eigenvalue weighted by atomic mass is 10.1. The predicted octanol–water partition coefficient (Wildman–Crippen LogP) is 4.69. The van der Waals surface area contributed by atoms with Crippen LogP contribution in [-0.2, 0) is 9.53 Å². The molecule has 0 N–H and O–H groups in total. The van der Waals surface area contributed by atoms with E-state index in [0.29, 0.717) is 29.4 Å². The van der Waals surface area contributed by atoms with Gasteiger partial charge in [-0.1, -0.05) is 0 Å². The van der Waals surface area contributed by atoms with Crippen molar-refractivity contribution in [3.05, 3.63) is 62.7 Å². The fourth-order valence-corrected chi connectivity index (χ4v) is 3.45. The van der Waals surface area contributed by atoms with Crippen molar-refractivity contribution in [3.63, 3.8) is 0 Å². The summed E-state index contributed by atoms with van der Waals surface area (Å²) in [6.07, 6.45) is 3.51. The topological polar surface area (TPSA) is 54.0 Å². The van der Waals surface area contributed by atoms with Gasteiger partial charge in [0.2, 0.25) is 0 Å². The van der Waals surface area contributed by atoms with Crippen LogP contribution in [0.3, 0.4) is 0 Å². The maximum atomic E-state index is 12.3. The Kier molecular flexibility index (Phi) is 6.05. The quantitative estimate of drug-likeness (QED) is 0.343. The van der Waals surface area contributed by atoms with Crippen LogP contribution in [0.2, 0.25) is 0 Å². The minimum absolute atomic E-state index is 0.385. The lowest BCUT2D eigenvalue weighted by molar-refractivity contribution is -0.130. The molecule has 3 rings (SSSR count). The molecule has 0 unspecified atom stereocenters. The number of methoxy groups -OCH3 is 2. The molecule has 2 aromatic rings. The van der Waals surface area contributed by atoms with E-state index in [0.717, 1.165) is 20.4 Å². The molecule has 2 aromatic carbocycles. The summed E-state index contributed by atoms with van der Waals surface area (Å²) in [5, 5.41) is 0. The normalized spacial score (nSPS) is 14.7. The van der Waals surface area contributed by atoms with Crippen LogP contribution in [0.5, 0.6) is 17.2 Å². The van der Waals surface area contributed by atoms with Crippen molar-refractivity contribution in [2.45, 2.75) is 6.92 Å². The van der Waals surface area contributed by atoms with Gasteiger partial charge in [0.1, 0.15) is 11.5 Å². The largest absolute Gasteiger partial charge is 0.497 e. The van der Waals surface area contributed by atoms with Gasteiger partial charge < -0.3 is 18.9 Å². The van der Waals surface area contributed by atoms with E-state index in [1.54, 1.807) is 26.4 Å². The van der Waals surface area contributed by atoms with E-state index in [4.69, 9.17) is 18.9 Å². The molecule has 1 aliphatic heterocycles. The van der Waals surface area contributed by atoms with E-state index >= 15 is 0 Å². The van der Waals surface area contributed by atoms with Crippen LogP contribution in [0, 0.1) is 3.57 Å². The van der Waals surface area contributed by atoms with Crippen LogP contribution in [0.1, 0.15) is 18.1 Å². The van der Waals surface area contributed by atoms with Crippen LogP contribution in [0.4, 0.5) is 0 Å². The van der Waals surface area contributed by atoms with Gasteiger partial charge in [-0.2, -0.15) is 0 Å². The maximum Gasteiger partial charge on any atom is 0.343 e. The van der Waals surface area contributed by atoms with Crippen LogP contribution in [-0.4, -0.2) is 26.8 Å². The second kappa shape index (κ2) is 8.47. The van der Waals surface area contributed by atoms with Gasteiger partial charge in [0.25, 0.3) is 0 Å². The molecule has 0 saturated carbocycles. The molecule has 0 aromatic heterocycles. The smallest absolute Gasteiger partial charge is 0.343 e. The molecule has 27 heavy (non-hydrogen) atoms. The minimum atomic E-state index is -0.385. The van der Waals surface area contributed by atoms with Crippen molar-refractivity contribution < 1.29 is 23.7 Å². The van der Waals surface area contributed by atoms with E-state index in [1.807, 2.05) is 43.3 Å². The molecule has 0 aliphatic carbocycles. The highest BCUT2D eigenvalue weighted by Crippen LogP contribution is 2.35. The van der Waals surface area contributed by atoms with Crippen molar-refractivity contribution in [2.24, 2.45) is 0 Å². The van der Waals surface area contributed by atoms with Crippen molar-refractivity contribution in [1.29, 1.82) is 0 Å². The third-order valence-corrected chi connectivity index (χ3v) is 4.76. The number of hydrogen-bond donors (Lipinski definition) is 0. The number of halogens is 1. The van der Waals surface area contributed by atoms with Crippen LogP contribution < -0.4 is 14.2 Å². The Morgan fingerprint density at radius 2 is 1.85 bits per heavy atom. The summed E-state index contributed by atoms with van der Waals surface area (Å²) in [6.45, 7) is 2.47. The lowest BCUT2D eigenvalue weighted by Gasteiger charge is -2.12. The zero-order valence-corrected chi connectivity index (χ0v) is 17.4. The lowest BCUT2D eigenvalue weighted by Crippen LogP contribution is -1.99. The molecule has 0 fully saturated rings. The molecule has 6 heteroatoms. The van der Waals surface area contributed by atoms with Crippen LogP contribution >= 0.6 is 22.6 Å². The zero-order chi connectivity index (χ0) is 19.4. The number of hydrogen-bond acceptors (Lipinski definition) is 5. The van der Waals surface area contributed by atoms with Crippen molar-refractivity contribution in [3.8, 4) is 17.2 Å². The molecule has 1 heterocycles. The Balaban J connectivity index is 1.93. The van der Waals surface area contributed by atoms with E-state index in [1.165, 1.54) is 0 Å². The summed E-state index contributed by atoms with van der Waals surface area (Å²) in [5.41, 5.74) is 2.12. The van der Waals surface area contributed by atoms with Gasteiger partial charge in [-0.25, -0.2) is 4.79 Å². The Bertz CT molecular complexity index is 913. The Labute approximate surface area is 171 Å². The molecular formula is C21H19IO5. The second-order valence-corrected chi connectivity index (χ2v) is 6.86. The monoisotopic (exact) mass is 478 g/mol. The summed E-state index contributed by atoms with van der Waals surface area (Å²) >= 11 is 2.19. The number of esters is 1. The van der Waals surface area contributed by atoms with Gasteiger partial charge in [0.15, 0.2) is 11.5 Å². The predicted molar refractivity (Wildman–Crippen MR) is 112 cm³/mol. The van der Waals surface area contributed by atoms with Gasteiger partial charge in [-0.3, -0.25) is 0 Å². The highest BCUT2D eigenvalue weighted by Gasteiger charge is 2.22. The van der Waals surface area contributed by atoms with E-state index in [2.05, 4.69) is 22.6 Å². The fraction of sp³-hybridized carbons (Fsp3) is 0.190. The maximum absolute atomic E-state index is 12.3. The molecule has 0 atom stereocenters. The number of ether oxygens (including phenoxy) is 4. The summed E-state index contributed by atoms with van der Waals surface area (Å²) in [6, 6.07) is 11.1. The number of cyclic esters (lactones) is 1. The molecule has 0 radical (unpaired) electrons. The molecule has 1 aliphatic rings. The molecule has 0 bridgehead atoms. The fourth-order valence-electron chi connectivity index (χ4n) is 2.67. The van der Waals surface area contributed by atoms with Crippen LogP contribution in [0.15, 0.2) is 48.0 Å². The van der Waals surface area contributed by atoms with Gasteiger partial charge in [-0.05, 0) is 83.6 Å². The summed E-state index contributed by atoms with van der Waals surface area (Å²) in [4.78, 5) is 12.3. The Morgan fingerprint density at radius 1 is 1.11 bits per heavy atom. The first-order valence-corrected chi connectivity index (χ1v) is 9.44. The van der Waals surface area contributed by atoms with Gasteiger partial charge >= 0.3 is 5.97 Å².